The molecule has 0 saturated carbocycles. The summed E-state index contributed by atoms with van der Waals surface area (Å²) >= 11 is 0. The Labute approximate surface area is 184 Å². The Kier molecular flexibility index (Phi) is 9.26. The largest absolute Gasteiger partial charge is 0.460 e. The Hall–Kier alpha value is -4.34. The van der Waals surface area contributed by atoms with E-state index < -0.39 is 36.1 Å². The van der Waals surface area contributed by atoms with E-state index in [-0.39, 0.29) is 13.2 Å². The maximum Gasteiger partial charge on any atom is 0.331 e. The molecular formula is C22H24N4O6. The molecular weight excluding hydrogens is 416 g/mol. The van der Waals surface area contributed by atoms with Gasteiger partial charge in [0.1, 0.15) is 13.2 Å². The molecule has 0 saturated heterocycles. The molecule has 2 aromatic carbocycles. The molecule has 0 unspecified atom stereocenters. The molecule has 32 heavy (non-hydrogen) atoms. The molecule has 0 heterocycles. The molecule has 168 valence electrons. The molecule has 0 fully saturated rings. The lowest BCUT2D eigenvalue weighted by molar-refractivity contribution is -0.141. The Balaban J connectivity index is 1.87. The maximum atomic E-state index is 11.9. The van der Waals surface area contributed by atoms with Crippen LogP contribution in [0.5, 0.6) is 0 Å². The number of primary amides is 2. The molecule has 2 rings (SSSR count). The molecule has 0 radical (unpaired) electrons. The number of ether oxygens (including phenoxy) is 2. The van der Waals surface area contributed by atoms with Gasteiger partial charge in [0.05, 0.1) is 12.1 Å². The summed E-state index contributed by atoms with van der Waals surface area (Å²) in [6.45, 7) is -0.381. The number of carbonyl (C=O) groups is 4. The van der Waals surface area contributed by atoms with Crippen molar-refractivity contribution in [1.82, 2.24) is 10.6 Å². The average Bonchev–Trinajstić information content (AvgIpc) is 2.78. The minimum Gasteiger partial charge on any atom is -0.460 e. The van der Waals surface area contributed by atoms with Crippen LogP contribution in [0.15, 0.2) is 72.8 Å². The summed E-state index contributed by atoms with van der Waals surface area (Å²) in [6, 6.07) is 14.8. The summed E-state index contributed by atoms with van der Waals surface area (Å²) in [4.78, 5) is 46.3. The first-order chi connectivity index (χ1) is 15.3. The lowest BCUT2D eigenvalue weighted by Crippen LogP contribution is -2.36. The van der Waals surface area contributed by atoms with E-state index >= 15 is 0 Å². The van der Waals surface area contributed by atoms with Gasteiger partial charge in [-0.2, -0.15) is 0 Å². The van der Waals surface area contributed by atoms with Crippen LogP contribution in [0.2, 0.25) is 0 Å². The highest BCUT2D eigenvalue weighted by molar-refractivity contribution is 5.91. The van der Waals surface area contributed by atoms with Gasteiger partial charge in [-0.3, -0.25) is 0 Å². The SMILES string of the molecule is NC(=O)N[C@H](COC(=O)/C=C/C(=O)OC[C@@H](NC(N)=O)c1ccccc1)c1ccccc1. The molecule has 10 nitrogen and oxygen atoms in total. The van der Waals surface area contributed by atoms with Crippen molar-refractivity contribution in [3.63, 3.8) is 0 Å². The zero-order valence-corrected chi connectivity index (χ0v) is 17.1. The molecule has 0 aliphatic heterocycles. The number of nitrogens with one attached hydrogen (secondary N) is 2. The Bertz CT molecular complexity index is 872. The van der Waals surface area contributed by atoms with Gasteiger partial charge in [-0.15, -0.1) is 0 Å². The van der Waals surface area contributed by atoms with Crippen LogP contribution in [-0.2, 0) is 19.1 Å². The molecule has 0 aliphatic rings. The van der Waals surface area contributed by atoms with E-state index in [1.807, 2.05) is 0 Å². The first kappa shape index (κ1) is 23.9. The number of carbonyl (C=O) groups excluding carboxylic acids is 4. The second-order valence-corrected chi connectivity index (χ2v) is 6.54. The van der Waals surface area contributed by atoms with Crippen molar-refractivity contribution in [2.24, 2.45) is 11.5 Å². The number of esters is 2. The van der Waals surface area contributed by atoms with Crippen LogP contribution in [0.3, 0.4) is 0 Å². The highest BCUT2D eigenvalue weighted by Crippen LogP contribution is 2.14. The van der Waals surface area contributed by atoms with Crippen LogP contribution in [0.4, 0.5) is 9.59 Å². The third-order valence-corrected chi connectivity index (χ3v) is 4.18. The van der Waals surface area contributed by atoms with E-state index in [9.17, 15) is 19.2 Å². The van der Waals surface area contributed by atoms with Crippen LogP contribution >= 0.6 is 0 Å². The summed E-state index contributed by atoms with van der Waals surface area (Å²) in [5, 5.41) is 4.96. The second kappa shape index (κ2) is 12.4. The van der Waals surface area contributed by atoms with Crippen molar-refractivity contribution in [2.75, 3.05) is 13.2 Å². The molecule has 0 aromatic heterocycles. The maximum absolute atomic E-state index is 11.9. The number of amides is 4. The fraction of sp³-hybridized carbons (Fsp3) is 0.182. The van der Waals surface area contributed by atoms with Gasteiger partial charge in [0.15, 0.2) is 0 Å². The van der Waals surface area contributed by atoms with Crippen LogP contribution in [-0.4, -0.2) is 37.2 Å². The topological polar surface area (TPSA) is 163 Å². The molecule has 0 bridgehead atoms. The normalized spacial score (nSPS) is 12.4. The van der Waals surface area contributed by atoms with Crippen LogP contribution in [0.25, 0.3) is 0 Å². The van der Waals surface area contributed by atoms with Gasteiger partial charge in [-0.05, 0) is 11.1 Å². The molecule has 6 N–H and O–H groups in total. The van der Waals surface area contributed by atoms with E-state index in [4.69, 9.17) is 20.9 Å². The number of nitrogens with two attached hydrogens (primary N) is 2. The molecule has 2 aromatic rings. The Morgan fingerprint density at radius 2 is 1.03 bits per heavy atom. The third-order valence-electron chi connectivity index (χ3n) is 4.18. The smallest absolute Gasteiger partial charge is 0.331 e. The average molecular weight is 440 g/mol. The number of hydrogen-bond acceptors (Lipinski definition) is 6. The summed E-state index contributed by atoms with van der Waals surface area (Å²) in [6.07, 6.45) is 1.79. The van der Waals surface area contributed by atoms with Gasteiger partial charge in [-0.25, -0.2) is 19.2 Å². The minimum absolute atomic E-state index is 0.191. The van der Waals surface area contributed by atoms with Crippen molar-refractivity contribution in [1.29, 1.82) is 0 Å². The number of urea groups is 2. The van der Waals surface area contributed by atoms with E-state index in [1.54, 1.807) is 60.7 Å². The predicted octanol–water partition coefficient (Wildman–Crippen LogP) is 1.45. The number of rotatable bonds is 10. The standard InChI is InChI=1S/C22H24N4O6/c23-21(29)25-17(15-7-3-1-4-8-15)13-31-19(27)11-12-20(28)32-14-18(26-22(24)30)16-9-5-2-6-10-16/h1-12,17-18H,13-14H2,(H3,23,25,29)(H3,24,26,30)/b12-11+/t17-,18-/m1/s1. The monoisotopic (exact) mass is 440 g/mol. The van der Waals surface area contributed by atoms with Gasteiger partial charge in [-0.1, -0.05) is 60.7 Å². The van der Waals surface area contributed by atoms with Gasteiger partial charge in [0.25, 0.3) is 0 Å². The quantitative estimate of drug-likeness (QED) is 0.323. The highest BCUT2D eigenvalue weighted by Gasteiger charge is 2.16. The zero-order valence-electron chi connectivity index (χ0n) is 17.1. The lowest BCUT2D eigenvalue weighted by atomic mass is 10.1. The van der Waals surface area contributed by atoms with Crippen LogP contribution in [0, 0.1) is 0 Å². The number of benzene rings is 2. The van der Waals surface area contributed by atoms with Crippen LogP contribution < -0.4 is 22.1 Å². The van der Waals surface area contributed by atoms with Crippen molar-refractivity contribution < 1.29 is 28.7 Å². The summed E-state index contributed by atoms with van der Waals surface area (Å²) in [7, 11) is 0. The van der Waals surface area contributed by atoms with Gasteiger partial charge in [0, 0.05) is 12.2 Å². The third kappa shape index (κ3) is 8.57. The van der Waals surface area contributed by atoms with E-state index in [2.05, 4.69) is 10.6 Å². The second-order valence-electron chi connectivity index (χ2n) is 6.54. The van der Waals surface area contributed by atoms with Gasteiger partial charge in [0.2, 0.25) is 0 Å². The van der Waals surface area contributed by atoms with E-state index in [0.717, 1.165) is 12.2 Å². The fourth-order valence-electron chi connectivity index (χ4n) is 2.72. The summed E-state index contributed by atoms with van der Waals surface area (Å²) in [5.74, 6) is -1.63. The molecule has 4 amide bonds. The molecule has 0 aliphatic carbocycles. The Morgan fingerprint density at radius 3 is 1.34 bits per heavy atom. The van der Waals surface area contributed by atoms with Crippen molar-refractivity contribution >= 4 is 24.0 Å². The Morgan fingerprint density at radius 1 is 0.688 bits per heavy atom. The van der Waals surface area contributed by atoms with E-state index in [1.165, 1.54) is 0 Å². The van der Waals surface area contributed by atoms with Crippen molar-refractivity contribution in [3.05, 3.63) is 83.9 Å². The van der Waals surface area contributed by atoms with Crippen molar-refractivity contribution in [3.8, 4) is 0 Å². The van der Waals surface area contributed by atoms with Gasteiger partial charge < -0.3 is 31.6 Å². The zero-order chi connectivity index (χ0) is 23.3. The first-order valence-electron chi connectivity index (χ1n) is 9.58. The highest BCUT2D eigenvalue weighted by atomic mass is 16.5. The first-order valence-corrected chi connectivity index (χ1v) is 9.58. The molecule has 10 heteroatoms. The summed E-state index contributed by atoms with van der Waals surface area (Å²) in [5.41, 5.74) is 11.7. The predicted molar refractivity (Wildman–Crippen MR) is 115 cm³/mol. The minimum atomic E-state index is -0.816. The van der Waals surface area contributed by atoms with E-state index in [0.29, 0.717) is 11.1 Å². The summed E-state index contributed by atoms with van der Waals surface area (Å²) < 4.78 is 10.2. The van der Waals surface area contributed by atoms with Crippen LogP contribution in [0.1, 0.15) is 23.2 Å². The van der Waals surface area contributed by atoms with Gasteiger partial charge >= 0.3 is 24.0 Å². The lowest BCUT2D eigenvalue weighted by Gasteiger charge is -2.17. The fourth-order valence-corrected chi connectivity index (χ4v) is 2.72. The number of hydrogen-bond donors (Lipinski definition) is 4. The van der Waals surface area contributed by atoms with Crippen molar-refractivity contribution in [2.45, 2.75) is 12.1 Å². The molecule has 2 atom stereocenters. The molecule has 0 spiro atoms.